The Balaban J connectivity index is 1.74. The molecule has 1 aromatic carbocycles. The Morgan fingerprint density at radius 1 is 1.30 bits per heavy atom. The molecule has 102 valence electrons. The third kappa shape index (κ3) is 2.56. The largest absolute Gasteiger partial charge is 0.444 e. The maximum absolute atomic E-state index is 5.31. The third-order valence-electron chi connectivity index (χ3n) is 3.16. The number of nitrogens with zero attached hydrogens (tertiary/aromatic N) is 3. The summed E-state index contributed by atoms with van der Waals surface area (Å²) in [5.41, 5.74) is 3.22. The van der Waals surface area contributed by atoms with Crippen molar-refractivity contribution in [3.63, 3.8) is 0 Å². The lowest BCUT2D eigenvalue weighted by molar-refractivity contribution is 0.572. The van der Waals surface area contributed by atoms with E-state index in [1.54, 1.807) is 6.20 Å². The first kappa shape index (κ1) is 12.5. The zero-order valence-corrected chi connectivity index (χ0v) is 11.3. The molecule has 2 heterocycles. The van der Waals surface area contributed by atoms with Gasteiger partial charge in [0.2, 0.25) is 0 Å². The summed E-state index contributed by atoms with van der Waals surface area (Å²) < 4.78 is 7.29. The van der Waals surface area contributed by atoms with Crippen LogP contribution in [0.1, 0.15) is 12.6 Å². The minimum atomic E-state index is 0.744. The molecule has 0 atom stereocenters. The minimum Gasteiger partial charge on any atom is -0.444 e. The number of nitrogens with one attached hydrogen (secondary N) is 1. The van der Waals surface area contributed by atoms with Gasteiger partial charge in [-0.2, -0.15) is 5.10 Å². The van der Waals surface area contributed by atoms with Gasteiger partial charge in [-0.05, 0) is 25.1 Å². The number of aromatic nitrogens is 3. The average molecular weight is 268 g/mol. The molecule has 0 aliphatic carbocycles. The van der Waals surface area contributed by atoms with E-state index in [2.05, 4.69) is 22.3 Å². The molecule has 1 N–H and O–H groups in total. The lowest BCUT2D eigenvalue weighted by Gasteiger charge is -2.09. The van der Waals surface area contributed by atoms with Gasteiger partial charge in [0, 0.05) is 24.0 Å². The van der Waals surface area contributed by atoms with Crippen LogP contribution in [-0.2, 0) is 13.1 Å². The molecule has 0 spiro atoms. The normalized spacial score (nSPS) is 10.7. The van der Waals surface area contributed by atoms with E-state index in [4.69, 9.17) is 4.42 Å². The van der Waals surface area contributed by atoms with Crippen molar-refractivity contribution in [3.8, 4) is 11.3 Å². The molecule has 0 aliphatic heterocycles. The molecule has 0 bridgehead atoms. The Morgan fingerprint density at radius 2 is 2.25 bits per heavy atom. The van der Waals surface area contributed by atoms with Crippen molar-refractivity contribution in [3.05, 3.63) is 54.8 Å². The second kappa shape index (κ2) is 5.61. The van der Waals surface area contributed by atoms with Crippen LogP contribution in [0.3, 0.4) is 0 Å². The Kier molecular flexibility index (Phi) is 3.50. The summed E-state index contributed by atoms with van der Waals surface area (Å²) in [5.74, 6) is 0.771. The van der Waals surface area contributed by atoms with Crippen LogP contribution in [0.25, 0.3) is 11.3 Å². The molecule has 5 heteroatoms. The summed E-state index contributed by atoms with van der Waals surface area (Å²) in [6.45, 7) is 3.71. The highest BCUT2D eigenvalue weighted by atomic mass is 16.3. The second-order valence-electron chi connectivity index (χ2n) is 4.44. The smallest absolute Gasteiger partial charge is 0.181 e. The minimum absolute atomic E-state index is 0.744. The topological polar surface area (TPSA) is 55.9 Å². The zero-order valence-electron chi connectivity index (χ0n) is 11.3. The molecule has 0 unspecified atom stereocenters. The zero-order chi connectivity index (χ0) is 13.8. The maximum atomic E-state index is 5.31. The van der Waals surface area contributed by atoms with Gasteiger partial charge in [0.05, 0.1) is 18.4 Å². The molecular formula is C15H16N4O. The third-order valence-corrected chi connectivity index (χ3v) is 3.16. The van der Waals surface area contributed by atoms with Crippen LogP contribution in [-0.4, -0.2) is 14.8 Å². The molecule has 20 heavy (non-hydrogen) atoms. The van der Waals surface area contributed by atoms with Crippen molar-refractivity contribution in [2.45, 2.75) is 20.0 Å². The van der Waals surface area contributed by atoms with Crippen LogP contribution < -0.4 is 5.32 Å². The van der Waals surface area contributed by atoms with Crippen LogP contribution in [0.2, 0.25) is 0 Å². The van der Waals surface area contributed by atoms with Gasteiger partial charge in [-0.3, -0.25) is 4.68 Å². The highest BCUT2D eigenvalue weighted by molar-refractivity contribution is 5.63. The Hall–Kier alpha value is -2.56. The summed E-state index contributed by atoms with van der Waals surface area (Å²) in [7, 11) is 0. The molecule has 3 rings (SSSR count). The van der Waals surface area contributed by atoms with Gasteiger partial charge in [0.25, 0.3) is 0 Å². The van der Waals surface area contributed by atoms with E-state index in [1.807, 2.05) is 41.2 Å². The van der Waals surface area contributed by atoms with Crippen molar-refractivity contribution >= 4 is 5.69 Å². The van der Waals surface area contributed by atoms with Crippen molar-refractivity contribution in [2.75, 3.05) is 5.32 Å². The summed E-state index contributed by atoms with van der Waals surface area (Å²) in [6, 6.07) is 10.1. The van der Waals surface area contributed by atoms with Crippen LogP contribution in [0, 0.1) is 0 Å². The fourth-order valence-electron chi connectivity index (χ4n) is 2.13. The standard InChI is InChI=1S/C15H16N4O/c1-2-19-14(6-7-18-19)9-17-13-5-3-4-12(8-13)15-10-16-11-20-15/h3-8,10-11,17H,2,9H2,1H3. The first-order valence-corrected chi connectivity index (χ1v) is 6.60. The van der Waals surface area contributed by atoms with Crippen LogP contribution >= 0.6 is 0 Å². The Labute approximate surface area is 117 Å². The Morgan fingerprint density at radius 3 is 3.05 bits per heavy atom. The number of rotatable bonds is 5. The summed E-state index contributed by atoms with van der Waals surface area (Å²) in [6.07, 6.45) is 4.98. The SMILES string of the molecule is CCn1nccc1CNc1cccc(-c2cnco2)c1. The van der Waals surface area contributed by atoms with Gasteiger partial charge >= 0.3 is 0 Å². The molecule has 5 nitrogen and oxygen atoms in total. The predicted octanol–water partition coefficient (Wildman–Crippen LogP) is 3.17. The van der Waals surface area contributed by atoms with Crippen molar-refractivity contribution < 1.29 is 4.42 Å². The van der Waals surface area contributed by atoms with Gasteiger partial charge in [0.1, 0.15) is 0 Å². The number of aryl methyl sites for hydroxylation is 1. The number of benzene rings is 1. The lowest BCUT2D eigenvalue weighted by atomic mass is 10.1. The van der Waals surface area contributed by atoms with Crippen LogP contribution in [0.15, 0.2) is 53.5 Å². The van der Waals surface area contributed by atoms with Crippen LogP contribution in [0.4, 0.5) is 5.69 Å². The van der Waals surface area contributed by atoms with Gasteiger partial charge in [-0.25, -0.2) is 4.98 Å². The fraction of sp³-hybridized carbons (Fsp3) is 0.200. The monoisotopic (exact) mass is 268 g/mol. The van der Waals surface area contributed by atoms with E-state index in [1.165, 1.54) is 6.39 Å². The van der Waals surface area contributed by atoms with Gasteiger partial charge in [0.15, 0.2) is 12.2 Å². The first-order chi connectivity index (χ1) is 9.86. The summed E-state index contributed by atoms with van der Waals surface area (Å²) in [5, 5.41) is 7.66. The van der Waals surface area contributed by atoms with E-state index in [0.29, 0.717) is 0 Å². The molecule has 3 aromatic rings. The lowest BCUT2D eigenvalue weighted by Crippen LogP contribution is -2.07. The van der Waals surface area contributed by atoms with E-state index >= 15 is 0 Å². The molecule has 0 amide bonds. The van der Waals surface area contributed by atoms with Gasteiger partial charge in [-0.15, -0.1) is 0 Å². The Bertz CT molecular complexity index is 673. The van der Waals surface area contributed by atoms with Crippen molar-refractivity contribution in [2.24, 2.45) is 0 Å². The quantitative estimate of drug-likeness (QED) is 0.772. The second-order valence-corrected chi connectivity index (χ2v) is 4.44. The summed E-state index contributed by atoms with van der Waals surface area (Å²) in [4.78, 5) is 3.94. The number of hydrogen-bond acceptors (Lipinski definition) is 4. The predicted molar refractivity (Wildman–Crippen MR) is 77.2 cm³/mol. The van der Waals surface area contributed by atoms with Gasteiger partial charge in [-0.1, -0.05) is 12.1 Å². The van der Waals surface area contributed by atoms with Crippen molar-refractivity contribution in [1.82, 2.24) is 14.8 Å². The number of anilines is 1. The summed E-state index contributed by atoms with van der Waals surface area (Å²) >= 11 is 0. The van der Waals surface area contributed by atoms with Gasteiger partial charge < -0.3 is 9.73 Å². The molecule has 2 aromatic heterocycles. The molecule has 0 aliphatic rings. The van der Waals surface area contributed by atoms with E-state index in [-0.39, 0.29) is 0 Å². The molecule has 0 saturated carbocycles. The number of oxazole rings is 1. The van der Waals surface area contributed by atoms with Crippen LogP contribution in [0.5, 0.6) is 0 Å². The van der Waals surface area contributed by atoms with Crippen molar-refractivity contribution in [1.29, 1.82) is 0 Å². The highest BCUT2D eigenvalue weighted by Crippen LogP contribution is 2.22. The molecule has 0 fully saturated rings. The highest BCUT2D eigenvalue weighted by Gasteiger charge is 2.04. The fourth-order valence-corrected chi connectivity index (χ4v) is 2.13. The van der Waals surface area contributed by atoms with E-state index in [9.17, 15) is 0 Å². The first-order valence-electron chi connectivity index (χ1n) is 6.60. The van der Waals surface area contributed by atoms with E-state index in [0.717, 1.165) is 35.8 Å². The molecule has 0 saturated heterocycles. The molecular weight excluding hydrogens is 252 g/mol. The average Bonchev–Trinajstić information content (AvgIpc) is 3.16. The molecule has 0 radical (unpaired) electrons. The number of hydrogen-bond donors (Lipinski definition) is 1. The van der Waals surface area contributed by atoms with E-state index < -0.39 is 0 Å². The maximum Gasteiger partial charge on any atom is 0.181 e.